The molecule has 0 aliphatic carbocycles. The number of hydroxylamine groups is 1. The highest BCUT2D eigenvalue weighted by Gasteiger charge is 2.28. The number of aliphatic hydroxyl groups excluding tert-OH is 1. The average Bonchev–Trinajstić information content (AvgIpc) is 2.69. The highest BCUT2D eigenvalue weighted by molar-refractivity contribution is 9.10. The van der Waals surface area contributed by atoms with Crippen LogP contribution in [0.5, 0.6) is 0 Å². The van der Waals surface area contributed by atoms with Gasteiger partial charge < -0.3 is 15.6 Å². The average molecular weight is 482 g/mol. The molecule has 0 fully saturated rings. The number of hydrogen-bond acceptors (Lipinski definition) is 9. The van der Waals surface area contributed by atoms with Crippen LogP contribution in [0.25, 0.3) is 0 Å². The highest BCUT2D eigenvalue weighted by atomic mass is 79.9. The highest BCUT2D eigenvalue weighted by Crippen LogP contribution is 2.34. The Labute approximate surface area is 180 Å². The number of nitrogens with one attached hydrogen (secondary N) is 1. The summed E-state index contributed by atoms with van der Waals surface area (Å²) in [6.45, 7) is 1.80. The van der Waals surface area contributed by atoms with Gasteiger partial charge >= 0.3 is 5.97 Å². The second kappa shape index (κ2) is 9.45. The summed E-state index contributed by atoms with van der Waals surface area (Å²) in [6, 6.07) is 4.02. The first kappa shape index (κ1) is 22.1. The number of halogens is 2. The number of carbonyl (C=O) groups is 1. The third-order valence-electron chi connectivity index (χ3n) is 4.55. The molecule has 0 radical (unpaired) electrons. The van der Waals surface area contributed by atoms with Crippen LogP contribution in [-0.2, 0) is 20.8 Å². The number of aryl methyl sites for hydroxylation is 1. The van der Waals surface area contributed by atoms with Crippen molar-refractivity contribution in [3.63, 3.8) is 0 Å². The molecule has 1 aromatic heterocycles. The van der Waals surface area contributed by atoms with Crippen LogP contribution < -0.4 is 11.2 Å². The van der Waals surface area contributed by atoms with E-state index in [1.807, 2.05) is 0 Å². The van der Waals surface area contributed by atoms with Gasteiger partial charge in [-0.25, -0.2) is 24.6 Å². The van der Waals surface area contributed by atoms with E-state index in [-0.39, 0.29) is 30.8 Å². The second-order valence-electron chi connectivity index (χ2n) is 6.63. The number of aromatic nitrogens is 2. The van der Waals surface area contributed by atoms with Crippen molar-refractivity contribution < 1.29 is 23.9 Å². The van der Waals surface area contributed by atoms with E-state index in [0.29, 0.717) is 33.7 Å². The van der Waals surface area contributed by atoms with Crippen molar-refractivity contribution in [2.24, 2.45) is 4.99 Å². The fourth-order valence-electron chi connectivity index (χ4n) is 3.13. The van der Waals surface area contributed by atoms with Gasteiger partial charge in [-0.2, -0.15) is 0 Å². The summed E-state index contributed by atoms with van der Waals surface area (Å²) in [7, 11) is 1.19. The molecule has 160 valence electrons. The monoisotopic (exact) mass is 481 g/mol. The van der Waals surface area contributed by atoms with Crippen LogP contribution >= 0.6 is 15.9 Å². The molecule has 9 nitrogen and oxygen atoms in total. The summed E-state index contributed by atoms with van der Waals surface area (Å²) in [5.74, 6) is -0.576. The lowest BCUT2D eigenvalue weighted by Crippen LogP contribution is -2.33. The number of methoxy groups -OCH3 is 1. The number of fused-ring (bicyclic) bond motifs is 1. The van der Waals surface area contributed by atoms with E-state index in [4.69, 9.17) is 15.6 Å². The van der Waals surface area contributed by atoms with Gasteiger partial charge in [0, 0.05) is 17.3 Å². The number of ether oxygens (including phenoxy) is 1. The van der Waals surface area contributed by atoms with E-state index in [1.165, 1.54) is 19.2 Å². The number of benzene rings is 1. The van der Waals surface area contributed by atoms with Crippen LogP contribution in [0.4, 0.5) is 10.3 Å². The van der Waals surface area contributed by atoms with Crippen LogP contribution in [0.2, 0.25) is 0 Å². The maximum absolute atomic E-state index is 13.5. The molecule has 11 heteroatoms. The Morgan fingerprint density at radius 3 is 2.93 bits per heavy atom. The fourth-order valence-corrected chi connectivity index (χ4v) is 3.75. The van der Waals surface area contributed by atoms with Crippen LogP contribution in [0.15, 0.2) is 27.7 Å². The molecule has 1 aliphatic rings. The molecule has 4 N–H and O–H groups in total. The number of amidine groups is 1. The molecule has 2 heterocycles. The Balaban J connectivity index is 1.84. The van der Waals surface area contributed by atoms with Crippen molar-refractivity contribution in [1.82, 2.24) is 15.4 Å². The van der Waals surface area contributed by atoms with Crippen molar-refractivity contribution in [3.8, 4) is 0 Å². The quantitative estimate of drug-likeness (QED) is 0.323. The smallest absolute Gasteiger partial charge is 0.334 e. The lowest BCUT2D eigenvalue weighted by molar-refractivity contribution is -0.151. The summed E-state index contributed by atoms with van der Waals surface area (Å²) in [6.07, 6.45) is -0.811. The van der Waals surface area contributed by atoms with Crippen LogP contribution in [0.1, 0.15) is 35.0 Å². The zero-order chi connectivity index (χ0) is 21.8. The predicted molar refractivity (Wildman–Crippen MR) is 110 cm³/mol. The van der Waals surface area contributed by atoms with Crippen molar-refractivity contribution in [2.45, 2.75) is 31.9 Å². The SMILES string of the molecule is COC(=O)[C@@H](O)CCONC1=N[C@@H](c2ccc(F)cc2Br)Cc2nc(N)nc(C)c21. The minimum Gasteiger partial charge on any atom is -0.467 e. The van der Waals surface area contributed by atoms with Gasteiger partial charge in [0.1, 0.15) is 5.82 Å². The standard InChI is InChI=1S/C19H21BrFN5O4/c1-9-16-14(25-19(22)23-9)8-13(11-4-3-10(21)7-12(11)20)24-17(16)26-30-6-5-15(27)18(28)29-2/h3-4,7,13,15,27H,5-6,8H2,1-2H3,(H,24,26)(H2,22,23,25)/t13-,15+/m1/s1. The summed E-state index contributed by atoms with van der Waals surface area (Å²) in [5.41, 5.74) is 11.3. The molecule has 0 bridgehead atoms. The Kier molecular flexibility index (Phi) is 6.95. The molecule has 2 aromatic rings. The first-order valence-electron chi connectivity index (χ1n) is 9.10. The number of nitrogens with zero attached hydrogens (tertiary/aromatic N) is 3. The van der Waals surface area contributed by atoms with E-state index in [0.717, 1.165) is 5.56 Å². The molecule has 3 rings (SSSR count). The van der Waals surface area contributed by atoms with E-state index in [1.54, 1.807) is 13.0 Å². The van der Waals surface area contributed by atoms with Crippen LogP contribution in [0.3, 0.4) is 0 Å². The van der Waals surface area contributed by atoms with Gasteiger partial charge in [0.15, 0.2) is 11.9 Å². The lowest BCUT2D eigenvalue weighted by Gasteiger charge is -2.25. The van der Waals surface area contributed by atoms with Gasteiger partial charge in [0.05, 0.1) is 36.7 Å². The molecule has 1 aromatic carbocycles. The van der Waals surface area contributed by atoms with E-state index >= 15 is 0 Å². The molecule has 0 amide bonds. The number of anilines is 1. The summed E-state index contributed by atoms with van der Waals surface area (Å²) >= 11 is 3.38. The number of hydrogen-bond donors (Lipinski definition) is 3. The fraction of sp³-hybridized carbons (Fsp3) is 0.368. The van der Waals surface area contributed by atoms with Crippen molar-refractivity contribution in [3.05, 3.63) is 51.0 Å². The topological polar surface area (TPSA) is 132 Å². The van der Waals surface area contributed by atoms with Crippen LogP contribution in [-0.4, -0.2) is 46.7 Å². The van der Waals surface area contributed by atoms with E-state index in [2.05, 4.69) is 36.1 Å². The number of aliphatic imine (C=N–C) groups is 1. The first-order chi connectivity index (χ1) is 14.3. The van der Waals surface area contributed by atoms with Gasteiger partial charge in [-0.05, 0) is 24.6 Å². The Bertz CT molecular complexity index is 988. The predicted octanol–water partition coefficient (Wildman–Crippen LogP) is 1.76. The first-order valence-corrected chi connectivity index (χ1v) is 9.89. The van der Waals surface area contributed by atoms with Crippen molar-refractivity contribution in [2.75, 3.05) is 19.5 Å². The Morgan fingerprint density at radius 2 is 2.23 bits per heavy atom. The zero-order valence-corrected chi connectivity index (χ0v) is 17.9. The number of nitrogens with two attached hydrogens (primary N) is 1. The number of carbonyl (C=O) groups excluding carboxylic acids is 1. The number of rotatable bonds is 6. The third-order valence-corrected chi connectivity index (χ3v) is 5.23. The molecule has 0 unspecified atom stereocenters. The Hall–Kier alpha value is -2.63. The Morgan fingerprint density at radius 1 is 1.47 bits per heavy atom. The molecule has 30 heavy (non-hydrogen) atoms. The molecule has 0 spiro atoms. The molecule has 1 aliphatic heterocycles. The second-order valence-corrected chi connectivity index (χ2v) is 7.48. The minimum atomic E-state index is -1.29. The third kappa shape index (κ3) is 4.91. The van der Waals surface area contributed by atoms with Crippen molar-refractivity contribution in [1.29, 1.82) is 0 Å². The zero-order valence-electron chi connectivity index (χ0n) is 16.4. The maximum atomic E-state index is 13.5. The number of nitrogen functional groups attached to an aromatic ring is 1. The van der Waals surface area contributed by atoms with Gasteiger partial charge in [0.2, 0.25) is 5.95 Å². The molecule has 0 saturated carbocycles. The summed E-state index contributed by atoms with van der Waals surface area (Å²) in [5, 5.41) is 9.65. The maximum Gasteiger partial charge on any atom is 0.334 e. The molecule has 2 atom stereocenters. The normalized spacial score (nSPS) is 16.4. The van der Waals surface area contributed by atoms with Gasteiger partial charge in [-0.3, -0.25) is 9.83 Å². The molecular formula is C19H21BrFN5O4. The molecular weight excluding hydrogens is 461 g/mol. The number of esters is 1. The van der Waals surface area contributed by atoms with Gasteiger partial charge in [-0.1, -0.05) is 22.0 Å². The minimum absolute atomic E-state index is 0.0183. The van der Waals surface area contributed by atoms with Gasteiger partial charge in [0.25, 0.3) is 0 Å². The summed E-state index contributed by atoms with van der Waals surface area (Å²) < 4.78 is 18.6. The number of aliphatic hydroxyl groups is 1. The van der Waals surface area contributed by atoms with Crippen LogP contribution in [0, 0.1) is 12.7 Å². The lowest BCUT2D eigenvalue weighted by atomic mass is 9.95. The van der Waals surface area contributed by atoms with E-state index < -0.39 is 12.1 Å². The van der Waals surface area contributed by atoms with Crippen molar-refractivity contribution >= 4 is 33.7 Å². The van der Waals surface area contributed by atoms with E-state index in [9.17, 15) is 14.3 Å². The summed E-state index contributed by atoms with van der Waals surface area (Å²) in [4.78, 5) is 29.9. The largest absolute Gasteiger partial charge is 0.467 e. The molecule has 0 saturated heterocycles. The van der Waals surface area contributed by atoms with Gasteiger partial charge in [-0.15, -0.1) is 0 Å².